The molecule has 0 N–H and O–H groups in total. The topological polar surface area (TPSA) is 0 Å². The van der Waals surface area contributed by atoms with Crippen LogP contribution in [-0.4, -0.2) is 11.6 Å². The molecule has 0 radical (unpaired) electrons. The first-order valence-corrected chi connectivity index (χ1v) is 11.6. The Morgan fingerprint density at radius 3 is 2.14 bits per heavy atom. The van der Waals surface area contributed by atoms with Crippen LogP contribution in [-0.2, 0) is 5.75 Å². The number of alkyl halides is 1. The largest absolute Gasteiger partial charge is 0.156 e. The van der Waals surface area contributed by atoms with Gasteiger partial charge in [0.15, 0.2) is 0 Å². The molecule has 0 amide bonds. The highest BCUT2D eigenvalue weighted by Gasteiger charge is 2.12. The lowest BCUT2D eigenvalue weighted by molar-refractivity contribution is 1.40. The first-order chi connectivity index (χ1) is 14.3. The molecule has 0 aliphatic carbocycles. The second-order valence-electron chi connectivity index (χ2n) is 7.29. The molecule has 0 saturated carbocycles. The number of thioether (sulfide) groups is 1. The van der Waals surface area contributed by atoms with E-state index in [4.69, 9.17) is 11.6 Å². The van der Waals surface area contributed by atoms with Gasteiger partial charge in [-0.3, -0.25) is 0 Å². The first kappa shape index (κ1) is 18.5. The quantitative estimate of drug-likeness (QED) is 0.121. The molecule has 5 aromatic carbocycles. The van der Waals surface area contributed by atoms with E-state index >= 15 is 0 Å². The average Bonchev–Trinajstić information content (AvgIpc) is 2.78. The van der Waals surface area contributed by atoms with E-state index in [0.717, 1.165) is 11.5 Å². The van der Waals surface area contributed by atoms with Crippen molar-refractivity contribution in [3.8, 4) is 11.1 Å². The maximum absolute atomic E-state index is 5.80. The molecule has 0 atom stereocenters. The summed E-state index contributed by atoms with van der Waals surface area (Å²) in [4.78, 5) is 0. The number of halogens is 1. The number of rotatable bonds is 5. The Kier molecular flexibility index (Phi) is 5.18. The standard InChI is InChI=1S/C27H21ClS/c28-15-16-29-18-19-9-11-21(12-10-19)27-24-8-4-2-6-22(24)17-26-23-7-3-1-5-20(23)13-14-25(26)27/h1-14,17H,15-16,18H2. The van der Waals surface area contributed by atoms with Gasteiger partial charge in [0, 0.05) is 17.4 Å². The maximum atomic E-state index is 5.80. The number of benzene rings is 5. The van der Waals surface area contributed by atoms with Gasteiger partial charge >= 0.3 is 0 Å². The van der Waals surface area contributed by atoms with Crippen LogP contribution in [0.1, 0.15) is 5.56 Å². The van der Waals surface area contributed by atoms with Gasteiger partial charge in [0.1, 0.15) is 0 Å². The minimum absolute atomic E-state index is 0.707. The molecule has 0 nitrogen and oxygen atoms in total. The van der Waals surface area contributed by atoms with Crippen molar-refractivity contribution in [3.05, 3.63) is 96.6 Å². The highest BCUT2D eigenvalue weighted by Crippen LogP contribution is 2.39. The van der Waals surface area contributed by atoms with Crippen LogP contribution >= 0.6 is 23.4 Å². The van der Waals surface area contributed by atoms with E-state index in [-0.39, 0.29) is 0 Å². The van der Waals surface area contributed by atoms with Crippen LogP contribution in [0, 0.1) is 0 Å². The molecule has 0 aliphatic rings. The van der Waals surface area contributed by atoms with E-state index in [2.05, 4.69) is 91.0 Å². The highest BCUT2D eigenvalue weighted by atomic mass is 35.5. The monoisotopic (exact) mass is 412 g/mol. The van der Waals surface area contributed by atoms with Crippen LogP contribution in [0.4, 0.5) is 0 Å². The van der Waals surface area contributed by atoms with Gasteiger partial charge in [-0.05, 0) is 55.1 Å². The van der Waals surface area contributed by atoms with E-state index in [0.29, 0.717) is 5.88 Å². The molecule has 0 fully saturated rings. The molecule has 0 unspecified atom stereocenters. The fourth-order valence-corrected chi connectivity index (χ4v) is 5.15. The Bertz CT molecular complexity index is 1310. The SMILES string of the molecule is ClCCSCc1ccc(-c2c3ccccc3cc3c2ccc2ccccc23)cc1. The lowest BCUT2D eigenvalue weighted by Gasteiger charge is -2.14. The van der Waals surface area contributed by atoms with E-state index in [1.54, 1.807) is 0 Å². The zero-order valence-electron chi connectivity index (χ0n) is 16.1. The Morgan fingerprint density at radius 2 is 1.34 bits per heavy atom. The molecule has 0 spiro atoms. The van der Waals surface area contributed by atoms with E-state index in [1.807, 2.05) is 11.8 Å². The molecule has 0 aromatic heterocycles. The fraction of sp³-hybridized carbons (Fsp3) is 0.111. The highest BCUT2D eigenvalue weighted by molar-refractivity contribution is 7.98. The Hall–Kier alpha value is -2.48. The van der Waals surface area contributed by atoms with Crippen molar-refractivity contribution in [3.63, 3.8) is 0 Å². The van der Waals surface area contributed by atoms with Crippen LogP contribution in [0.2, 0.25) is 0 Å². The summed E-state index contributed by atoms with van der Waals surface area (Å²) in [6.07, 6.45) is 0. The van der Waals surface area contributed by atoms with E-state index in [1.165, 1.54) is 49.0 Å². The molecule has 0 saturated heterocycles. The third-order valence-electron chi connectivity index (χ3n) is 5.50. The van der Waals surface area contributed by atoms with Gasteiger partial charge in [-0.1, -0.05) is 84.9 Å². The van der Waals surface area contributed by atoms with Gasteiger partial charge in [-0.15, -0.1) is 11.6 Å². The molecular formula is C27H21ClS. The van der Waals surface area contributed by atoms with Crippen molar-refractivity contribution in [2.24, 2.45) is 0 Å². The van der Waals surface area contributed by atoms with Crippen molar-refractivity contribution in [2.75, 3.05) is 11.6 Å². The molecule has 2 heteroatoms. The van der Waals surface area contributed by atoms with Crippen LogP contribution < -0.4 is 0 Å². The minimum atomic E-state index is 0.707. The molecular weight excluding hydrogens is 392 g/mol. The zero-order valence-corrected chi connectivity index (χ0v) is 17.6. The van der Waals surface area contributed by atoms with E-state index in [9.17, 15) is 0 Å². The summed E-state index contributed by atoms with van der Waals surface area (Å²) >= 11 is 7.69. The van der Waals surface area contributed by atoms with Crippen molar-refractivity contribution in [1.29, 1.82) is 0 Å². The van der Waals surface area contributed by atoms with Crippen LogP contribution in [0.15, 0.2) is 91.0 Å². The summed E-state index contributed by atoms with van der Waals surface area (Å²) in [6.45, 7) is 0. The third-order valence-corrected chi connectivity index (χ3v) is 6.95. The predicted molar refractivity (Wildman–Crippen MR) is 131 cm³/mol. The lowest BCUT2D eigenvalue weighted by Crippen LogP contribution is -1.88. The van der Waals surface area contributed by atoms with Gasteiger partial charge in [0.2, 0.25) is 0 Å². The second kappa shape index (κ2) is 8.10. The van der Waals surface area contributed by atoms with Crippen molar-refractivity contribution >= 4 is 55.7 Å². The van der Waals surface area contributed by atoms with Crippen molar-refractivity contribution in [2.45, 2.75) is 5.75 Å². The van der Waals surface area contributed by atoms with Gasteiger partial charge in [0.05, 0.1) is 0 Å². The second-order valence-corrected chi connectivity index (χ2v) is 8.78. The molecule has 0 aliphatic heterocycles. The molecule has 5 rings (SSSR count). The first-order valence-electron chi connectivity index (χ1n) is 9.91. The smallest absolute Gasteiger partial charge is 0.0314 e. The summed E-state index contributed by atoms with van der Waals surface area (Å²) in [5, 5.41) is 7.82. The average molecular weight is 413 g/mol. The van der Waals surface area contributed by atoms with E-state index < -0.39 is 0 Å². The lowest BCUT2D eigenvalue weighted by atomic mass is 9.89. The Labute approximate surface area is 180 Å². The summed E-state index contributed by atoms with van der Waals surface area (Å²) in [7, 11) is 0. The third kappa shape index (κ3) is 3.50. The van der Waals surface area contributed by atoms with Gasteiger partial charge in [0.25, 0.3) is 0 Å². The van der Waals surface area contributed by atoms with Crippen LogP contribution in [0.5, 0.6) is 0 Å². The van der Waals surface area contributed by atoms with Gasteiger partial charge < -0.3 is 0 Å². The fourth-order valence-electron chi connectivity index (χ4n) is 4.14. The zero-order chi connectivity index (χ0) is 19.6. The maximum Gasteiger partial charge on any atom is 0.0314 e. The summed E-state index contributed by atoms with van der Waals surface area (Å²) < 4.78 is 0. The minimum Gasteiger partial charge on any atom is -0.156 e. The molecule has 142 valence electrons. The number of fused-ring (bicyclic) bond motifs is 4. The molecule has 0 bridgehead atoms. The van der Waals surface area contributed by atoms with Crippen LogP contribution in [0.25, 0.3) is 43.4 Å². The Balaban J connectivity index is 1.73. The number of hydrogen-bond acceptors (Lipinski definition) is 1. The summed E-state index contributed by atoms with van der Waals surface area (Å²) in [5.41, 5.74) is 3.94. The number of hydrogen-bond donors (Lipinski definition) is 0. The van der Waals surface area contributed by atoms with Gasteiger partial charge in [-0.25, -0.2) is 0 Å². The molecule has 0 heterocycles. The van der Waals surface area contributed by atoms with Crippen LogP contribution in [0.3, 0.4) is 0 Å². The summed E-state index contributed by atoms with van der Waals surface area (Å²) in [5.74, 6) is 2.71. The van der Waals surface area contributed by atoms with Gasteiger partial charge in [-0.2, -0.15) is 11.8 Å². The predicted octanol–water partition coefficient (Wildman–Crippen LogP) is 8.29. The Morgan fingerprint density at radius 1 is 0.621 bits per heavy atom. The molecule has 29 heavy (non-hydrogen) atoms. The molecule has 5 aromatic rings. The normalized spacial score (nSPS) is 11.5. The van der Waals surface area contributed by atoms with Crippen molar-refractivity contribution < 1.29 is 0 Å². The summed E-state index contributed by atoms with van der Waals surface area (Å²) in [6, 6.07) is 33.3. The van der Waals surface area contributed by atoms with Crippen molar-refractivity contribution in [1.82, 2.24) is 0 Å².